The number of carbonyl (C=O) groups is 2. The Balaban J connectivity index is 1.61. The van der Waals surface area contributed by atoms with Crippen molar-refractivity contribution in [2.24, 2.45) is 0 Å². The Hall–Kier alpha value is -4.50. The van der Waals surface area contributed by atoms with Crippen LogP contribution in [0.1, 0.15) is 29.3 Å². The van der Waals surface area contributed by atoms with Crippen molar-refractivity contribution < 1.29 is 14.5 Å². The summed E-state index contributed by atoms with van der Waals surface area (Å²) in [5.74, 6) is -0.521. The summed E-state index contributed by atoms with van der Waals surface area (Å²) in [5, 5.41) is 19.3. The zero-order valence-corrected chi connectivity index (χ0v) is 21.7. The van der Waals surface area contributed by atoms with Crippen LogP contribution in [-0.2, 0) is 4.79 Å². The lowest BCUT2D eigenvalue weighted by Gasteiger charge is -2.22. The number of hydrogen-bond acceptors (Lipinski definition) is 5. The van der Waals surface area contributed by atoms with Crippen molar-refractivity contribution in [3.63, 3.8) is 0 Å². The van der Waals surface area contributed by atoms with Crippen molar-refractivity contribution in [3.05, 3.63) is 105 Å². The third-order valence-electron chi connectivity index (χ3n) is 5.90. The van der Waals surface area contributed by atoms with Crippen molar-refractivity contribution in [1.82, 2.24) is 14.7 Å². The fraction of sp³-hybridized carbons (Fsp3) is 0.179. The van der Waals surface area contributed by atoms with Gasteiger partial charge in [-0.1, -0.05) is 67.1 Å². The highest BCUT2D eigenvalue weighted by Gasteiger charge is 2.23. The van der Waals surface area contributed by atoms with E-state index in [4.69, 9.17) is 11.6 Å². The summed E-state index contributed by atoms with van der Waals surface area (Å²) < 4.78 is 1.55. The van der Waals surface area contributed by atoms with Crippen molar-refractivity contribution in [2.75, 3.05) is 18.4 Å². The number of nitro benzene ring substituents is 1. The summed E-state index contributed by atoms with van der Waals surface area (Å²) in [6.07, 6.45) is 0.600. The first kappa shape index (κ1) is 26.6. The van der Waals surface area contributed by atoms with Gasteiger partial charge in [-0.3, -0.25) is 19.7 Å². The van der Waals surface area contributed by atoms with E-state index < -0.39 is 16.7 Å². The van der Waals surface area contributed by atoms with Gasteiger partial charge in [0.2, 0.25) is 5.91 Å². The molecular weight excluding hydrogens is 506 g/mol. The van der Waals surface area contributed by atoms with Gasteiger partial charge in [-0.25, -0.2) is 4.68 Å². The first-order valence-electron chi connectivity index (χ1n) is 12.0. The van der Waals surface area contributed by atoms with Gasteiger partial charge >= 0.3 is 0 Å². The molecule has 0 unspecified atom stereocenters. The molecule has 0 saturated carbocycles. The van der Waals surface area contributed by atoms with Gasteiger partial charge in [0, 0.05) is 35.4 Å². The number of aromatic nitrogens is 2. The van der Waals surface area contributed by atoms with Crippen molar-refractivity contribution in [1.29, 1.82) is 0 Å². The Kier molecular flexibility index (Phi) is 8.18. The molecule has 0 aliphatic rings. The second-order valence-corrected chi connectivity index (χ2v) is 9.08. The summed E-state index contributed by atoms with van der Waals surface area (Å²) >= 11 is 6.43. The number of nitrogens with one attached hydrogen (secondary N) is 1. The monoisotopic (exact) mass is 531 g/mol. The van der Waals surface area contributed by atoms with Crippen LogP contribution in [0.5, 0.6) is 0 Å². The molecule has 0 aliphatic carbocycles. The molecule has 0 saturated heterocycles. The number of hydrogen-bond donors (Lipinski definition) is 1. The van der Waals surface area contributed by atoms with Gasteiger partial charge in [0.05, 0.1) is 21.3 Å². The predicted octanol–water partition coefficient (Wildman–Crippen LogP) is 5.90. The lowest BCUT2D eigenvalue weighted by atomic mass is 10.1. The molecule has 4 aromatic rings. The molecule has 0 spiro atoms. The molecule has 2 amide bonds. The van der Waals surface area contributed by atoms with Crippen LogP contribution in [0.3, 0.4) is 0 Å². The SMILES string of the molecule is CCCN(CC(=O)Nc1cc(-c2ccccc2)nn1-c1ccccc1Cl)C(=O)c1ccc(C)c([N+](=O)[O-])c1. The molecular formula is C28H26ClN5O4. The summed E-state index contributed by atoms with van der Waals surface area (Å²) in [7, 11) is 0. The van der Waals surface area contributed by atoms with Gasteiger partial charge in [-0.2, -0.15) is 5.10 Å². The Labute approximate surface area is 224 Å². The Morgan fingerprint density at radius 2 is 1.76 bits per heavy atom. The number of aryl methyl sites for hydroxylation is 1. The maximum Gasteiger partial charge on any atom is 0.273 e. The molecule has 1 heterocycles. The van der Waals surface area contributed by atoms with E-state index in [9.17, 15) is 19.7 Å². The van der Waals surface area contributed by atoms with Gasteiger partial charge in [0.25, 0.3) is 11.6 Å². The van der Waals surface area contributed by atoms with E-state index in [-0.39, 0.29) is 17.8 Å². The summed E-state index contributed by atoms with van der Waals surface area (Å²) in [6, 6.07) is 22.7. The fourth-order valence-electron chi connectivity index (χ4n) is 4.03. The van der Waals surface area contributed by atoms with Gasteiger partial charge in [0.1, 0.15) is 12.4 Å². The zero-order valence-electron chi connectivity index (χ0n) is 20.9. The number of rotatable bonds is 9. The van der Waals surface area contributed by atoms with E-state index in [0.717, 1.165) is 5.56 Å². The van der Waals surface area contributed by atoms with E-state index in [1.54, 1.807) is 35.9 Å². The highest BCUT2D eigenvalue weighted by Crippen LogP contribution is 2.28. The number of anilines is 1. The van der Waals surface area contributed by atoms with E-state index in [1.807, 2.05) is 43.3 Å². The van der Waals surface area contributed by atoms with Gasteiger partial charge in [0.15, 0.2) is 0 Å². The predicted molar refractivity (Wildman–Crippen MR) is 147 cm³/mol. The molecule has 38 heavy (non-hydrogen) atoms. The minimum Gasteiger partial charge on any atom is -0.329 e. The third-order valence-corrected chi connectivity index (χ3v) is 6.21. The normalized spacial score (nSPS) is 10.7. The molecule has 194 valence electrons. The topological polar surface area (TPSA) is 110 Å². The average molecular weight is 532 g/mol. The maximum absolute atomic E-state index is 13.2. The highest BCUT2D eigenvalue weighted by atomic mass is 35.5. The Bertz CT molecular complexity index is 1490. The molecule has 4 rings (SSSR count). The van der Waals surface area contributed by atoms with Crippen molar-refractivity contribution in [2.45, 2.75) is 20.3 Å². The largest absolute Gasteiger partial charge is 0.329 e. The number of amides is 2. The van der Waals surface area contributed by atoms with Crippen LogP contribution in [0.4, 0.5) is 11.5 Å². The summed E-state index contributed by atoms with van der Waals surface area (Å²) in [4.78, 5) is 38.6. The lowest BCUT2D eigenvalue weighted by molar-refractivity contribution is -0.385. The number of benzene rings is 3. The molecule has 0 fully saturated rings. The molecule has 1 N–H and O–H groups in total. The van der Waals surface area contributed by atoms with E-state index in [1.165, 1.54) is 23.1 Å². The van der Waals surface area contributed by atoms with Crippen LogP contribution in [-0.4, -0.2) is 44.5 Å². The van der Waals surface area contributed by atoms with E-state index in [0.29, 0.717) is 40.8 Å². The number of nitro groups is 1. The maximum atomic E-state index is 13.2. The lowest BCUT2D eigenvalue weighted by Crippen LogP contribution is -2.38. The van der Waals surface area contributed by atoms with Gasteiger partial charge in [-0.05, 0) is 31.5 Å². The van der Waals surface area contributed by atoms with Crippen molar-refractivity contribution >= 4 is 34.9 Å². The number of halogens is 1. The highest BCUT2D eigenvalue weighted by molar-refractivity contribution is 6.32. The fourth-order valence-corrected chi connectivity index (χ4v) is 4.24. The first-order chi connectivity index (χ1) is 18.3. The Morgan fingerprint density at radius 3 is 2.45 bits per heavy atom. The second-order valence-electron chi connectivity index (χ2n) is 8.68. The van der Waals surface area contributed by atoms with Crippen LogP contribution in [0, 0.1) is 17.0 Å². The standard InChI is InChI=1S/C28H26ClN5O4/c1-3-15-32(28(36)21-14-13-19(2)25(16-21)34(37)38)18-27(35)30-26-17-23(20-9-5-4-6-10-20)31-33(26)24-12-8-7-11-22(24)29/h4-14,16-17H,3,15,18H2,1-2H3,(H,30,35). The molecule has 0 atom stereocenters. The van der Waals surface area contributed by atoms with Crippen LogP contribution in [0.25, 0.3) is 16.9 Å². The average Bonchev–Trinajstić information content (AvgIpc) is 3.32. The first-order valence-corrected chi connectivity index (χ1v) is 12.4. The molecule has 1 aromatic heterocycles. The van der Waals surface area contributed by atoms with Crippen molar-refractivity contribution in [3.8, 4) is 16.9 Å². The van der Waals surface area contributed by atoms with Crippen LogP contribution in [0.2, 0.25) is 5.02 Å². The van der Waals surface area contributed by atoms with Gasteiger partial charge < -0.3 is 10.2 Å². The zero-order chi connectivity index (χ0) is 27.2. The minimum absolute atomic E-state index is 0.145. The molecule has 10 heteroatoms. The Morgan fingerprint density at radius 1 is 1.05 bits per heavy atom. The molecule has 0 aliphatic heterocycles. The quantitative estimate of drug-likeness (QED) is 0.213. The summed E-state index contributed by atoms with van der Waals surface area (Å²) in [5.41, 5.74) is 2.53. The van der Waals surface area contributed by atoms with E-state index >= 15 is 0 Å². The number of carbonyl (C=O) groups excluding carboxylic acids is 2. The molecule has 3 aromatic carbocycles. The molecule has 0 radical (unpaired) electrons. The molecule has 9 nitrogen and oxygen atoms in total. The van der Waals surface area contributed by atoms with Gasteiger partial charge in [-0.15, -0.1) is 0 Å². The second kappa shape index (κ2) is 11.7. The van der Waals surface area contributed by atoms with Crippen LogP contribution in [0.15, 0.2) is 78.9 Å². The van der Waals surface area contributed by atoms with Crippen LogP contribution >= 0.6 is 11.6 Å². The molecule has 0 bridgehead atoms. The number of nitrogens with zero attached hydrogens (tertiary/aromatic N) is 4. The third kappa shape index (κ3) is 5.90. The number of para-hydroxylation sites is 1. The summed E-state index contributed by atoms with van der Waals surface area (Å²) in [6.45, 7) is 3.54. The van der Waals surface area contributed by atoms with E-state index in [2.05, 4.69) is 10.4 Å². The smallest absolute Gasteiger partial charge is 0.273 e. The minimum atomic E-state index is -0.525. The van der Waals surface area contributed by atoms with Crippen LogP contribution < -0.4 is 5.32 Å².